The van der Waals surface area contributed by atoms with Gasteiger partial charge in [-0.05, 0) is 46.6 Å². The molecule has 1 atom stereocenters. The van der Waals surface area contributed by atoms with Crippen molar-refractivity contribution in [3.63, 3.8) is 0 Å². The minimum absolute atomic E-state index is 0.0716. The normalized spacial score (nSPS) is 18.7. The smallest absolute Gasteiger partial charge is 0.246 e. The first-order valence-electron chi connectivity index (χ1n) is 7.10. The van der Waals surface area contributed by atoms with E-state index in [4.69, 9.17) is 4.74 Å². The molecule has 1 aliphatic rings. The van der Waals surface area contributed by atoms with Gasteiger partial charge in [0.15, 0.2) is 0 Å². The number of aromatic nitrogens is 1. The average Bonchev–Trinajstić information content (AvgIpc) is 2.98. The number of halogens is 3. The number of rotatable bonds is 4. The number of nitrogens with zero attached hydrogens (tertiary/aromatic N) is 2. The molecule has 1 aliphatic heterocycles. The molecule has 0 saturated carbocycles. The van der Waals surface area contributed by atoms with Crippen LogP contribution in [0.3, 0.4) is 0 Å². The molecule has 5 nitrogen and oxygen atoms in total. The van der Waals surface area contributed by atoms with Crippen LogP contribution in [0.1, 0.15) is 6.42 Å². The van der Waals surface area contributed by atoms with Crippen LogP contribution in [0.2, 0.25) is 0 Å². The van der Waals surface area contributed by atoms with Crippen LogP contribution >= 0.6 is 15.9 Å². The summed E-state index contributed by atoms with van der Waals surface area (Å²) in [4.78, 5) is 3.53. The van der Waals surface area contributed by atoms with Crippen LogP contribution in [-0.4, -0.2) is 36.9 Å². The molecule has 0 spiro atoms. The van der Waals surface area contributed by atoms with Crippen molar-refractivity contribution < 1.29 is 21.9 Å². The van der Waals surface area contributed by atoms with E-state index in [-0.39, 0.29) is 13.1 Å². The zero-order valence-corrected chi connectivity index (χ0v) is 14.7. The van der Waals surface area contributed by atoms with E-state index in [1.165, 1.54) is 0 Å². The maximum atomic E-state index is 13.8. The van der Waals surface area contributed by atoms with Crippen LogP contribution < -0.4 is 4.74 Å². The van der Waals surface area contributed by atoms with Crippen LogP contribution in [0.4, 0.5) is 8.78 Å². The van der Waals surface area contributed by atoms with Crippen molar-refractivity contribution in [2.24, 2.45) is 0 Å². The molecular weight excluding hydrogens is 406 g/mol. The van der Waals surface area contributed by atoms with Crippen molar-refractivity contribution in [3.8, 4) is 5.88 Å². The van der Waals surface area contributed by atoms with E-state index < -0.39 is 32.7 Å². The first-order valence-corrected chi connectivity index (χ1v) is 9.33. The summed E-state index contributed by atoms with van der Waals surface area (Å²) in [5.74, 6) is -1.56. The largest absolute Gasteiger partial charge is 0.472 e. The molecule has 1 saturated heterocycles. The van der Waals surface area contributed by atoms with Gasteiger partial charge in [-0.15, -0.1) is 0 Å². The van der Waals surface area contributed by atoms with Gasteiger partial charge in [0.05, 0.1) is 11.0 Å². The zero-order valence-electron chi connectivity index (χ0n) is 12.3. The minimum Gasteiger partial charge on any atom is -0.472 e. The predicted molar refractivity (Wildman–Crippen MR) is 86.1 cm³/mol. The topological polar surface area (TPSA) is 59.5 Å². The molecule has 0 N–H and O–H groups in total. The Labute approximate surface area is 146 Å². The van der Waals surface area contributed by atoms with Crippen molar-refractivity contribution in [2.45, 2.75) is 17.4 Å². The molecule has 9 heteroatoms. The number of pyridine rings is 1. The predicted octanol–water partition coefficient (Wildman–Crippen LogP) is 2.96. The minimum atomic E-state index is -4.04. The third-order valence-corrected chi connectivity index (χ3v) is 6.12. The molecule has 3 rings (SSSR count). The SMILES string of the molecule is O=S(=O)(c1ccc(F)cc1F)N1CCC(Oc2ncccc2Br)C1. The van der Waals surface area contributed by atoms with E-state index in [2.05, 4.69) is 20.9 Å². The molecule has 24 heavy (non-hydrogen) atoms. The quantitative estimate of drug-likeness (QED) is 0.765. The number of ether oxygens (including phenoxy) is 1. The molecule has 0 amide bonds. The van der Waals surface area contributed by atoms with Gasteiger partial charge < -0.3 is 4.74 Å². The molecule has 128 valence electrons. The van der Waals surface area contributed by atoms with Crippen LogP contribution in [0.25, 0.3) is 0 Å². The van der Waals surface area contributed by atoms with Gasteiger partial charge in [0, 0.05) is 18.8 Å². The van der Waals surface area contributed by atoms with Gasteiger partial charge >= 0.3 is 0 Å². The summed E-state index contributed by atoms with van der Waals surface area (Å²) in [6, 6.07) is 5.91. The van der Waals surface area contributed by atoms with Gasteiger partial charge in [-0.25, -0.2) is 22.2 Å². The van der Waals surface area contributed by atoms with Gasteiger partial charge in [-0.1, -0.05) is 0 Å². The number of sulfonamides is 1. The highest BCUT2D eigenvalue weighted by Crippen LogP contribution is 2.28. The lowest BCUT2D eigenvalue weighted by Gasteiger charge is -2.17. The van der Waals surface area contributed by atoms with Gasteiger partial charge in [0.2, 0.25) is 15.9 Å². The summed E-state index contributed by atoms with van der Waals surface area (Å²) in [6.07, 6.45) is 1.62. The van der Waals surface area contributed by atoms with Crippen LogP contribution in [0.5, 0.6) is 5.88 Å². The van der Waals surface area contributed by atoms with Crippen molar-refractivity contribution in [1.29, 1.82) is 0 Å². The number of hydrogen-bond acceptors (Lipinski definition) is 4. The Balaban J connectivity index is 1.76. The second-order valence-electron chi connectivity index (χ2n) is 5.26. The van der Waals surface area contributed by atoms with Crippen LogP contribution in [0.15, 0.2) is 45.9 Å². The molecule has 0 bridgehead atoms. The Morgan fingerprint density at radius 2 is 2.08 bits per heavy atom. The molecule has 2 heterocycles. The fourth-order valence-electron chi connectivity index (χ4n) is 2.45. The Morgan fingerprint density at radius 1 is 1.29 bits per heavy atom. The van der Waals surface area contributed by atoms with Gasteiger partial charge in [-0.3, -0.25) is 0 Å². The summed E-state index contributed by atoms with van der Waals surface area (Å²) in [5.41, 5.74) is 0. The molecule has 2 aromatic rings. The second kappa shape index (κ2) is 6.73. The summed E-state index contributed by atoms with van der Waals surface area (Å²) in [5, 5.41) is 0. The molecule has 1 unspecified atom stereocenters. The number of benzene rings is 1. The maximum absolute atomic E-state index is 13.8. The highest BCUT2D eigenvalue weighted by molar-refractivity contribution is 9.10. The van der Waals surface area contributed by atoms with Gasteiger partial charge in [0.1, 0.15) is 22.6 Å². The van der Waals surface area contributed by atoms with E-state index in [9.17, 15) is 17.2 Å². The highest BCUT2D eigenvalue weighted by atomic mass is 79.9. The summed E-state index contributed by atoms with van der Waals surface area (Å²) < 4.78 is 59.3. The molecule has 1 aromatic heterocycles. The standard InChI is InChI=1S/C15H13BrF2N2O3S/c16-12-2-1-6-19-15(12)23-11-5-7-20(9-11)24(21,22)14-4-3-10(17)8-13(14)18/h1-4,6,8,11H,5,7,9H2. The van der Waals surface area contributed by atoms with E-state index in [1.807, 2.05) is 0 Å². The van der Waals surface area contributed by atoms with Gasteiger partial charge in [-0.2, -0.15) is 4.31 Å². The van der Waals surface area contributed by atoms with Crippen LogP contribution in [0, 0.1) is 11.6 Å². The van der Waals surface area contributed by atoms with E-state index in [0.717, 1.165) is 16.4 Å². The Hall–Kier alpha value is -1.58. The Bertz CT molecular complexity index is 864. The van der Waals surface area contributed by atoms with E-state index >= 15 is 0 Å². The summed E-state index contributed by atoms with van der Waals surface area (Å²) >= 11 is 3.31. The summed E-state index contributed by atoms with van der Waals surface area (Å²) in [6.45, 7) is 0.260. The fourth-order valence-corrected chi connectivity index (χ4v) is 4.33. The van der Waals surface area contributed by atoms with Crippen molar-refractivity contribution in [2.75, 3.05) is 13.1 Å². The zero-order chi connectivity index (χ0) is 17.3. The van der Waals surface area contributed by atoms with Crippen molar-refractivity contribution in [3.05, 3.63) is 52.6 Å². The summed E-state index contributed by atoms with van der Waals surface area (Å²) in [7, 11) is -4.04. The highest BCUT2D eigenvalue weighted by Gasteiger charge is 2.35. The lowest BCUT2D eigenvalue weighted by molar-refractivity contribution is 0.205. The first-order chi connectivity index (χ1) is 11.4. The van der Waals surface area contributed by atoms with Crippen molar-refractivity contribution >= 4 is 26.0 Å². The molecule has 0 aliphatic carbocycles. The van der Waals surface area contributed by atoms with E-state index in [1.54, 1.807) is 18.3 Å². The third-order valence-electron chi connectivity index (χ3n) is 3.62. The van der Waals surface area contributed by atoms with E-state index in [0.29, 0.717) is 22.8 Å². The van der Waals surface area contributed by atoms with Gasteiger partial charge in [0.25, 0.3) is 0 Å². The molecule has 1 aromatic carbocycles. The monoisotopic (exact) mass is 418 g/mol. The second-order valence-corrected chi connectivity index (χ2v) is 8.02. The Kier molecular flexibility index (Phi) is 4.84. The lowest BCUT2D eigenvalue weighted by Crippen LogP contribution is -2.31. The van der Waals surface area contributed by atoms with Crippen LogP contribution in [-0.2, 0) is 10.0 Å². The van der Waals surface area contributed by atoms with Crippen molar-refractivity contribution in [1.82, 2.24) is 9.29 Å². The molecular formula is C15H13BrF2N2O3S. The third kappa shape index (κ3) is 3.42. The number of hydrogen-bond donors (Lipinski definition) is 0. The maximum Gasteiger partial charge on any atom is 0.246 e. The molecule has 0 radical (unpaired) electrons. The molecule has 1 fully saturated rings. The fraction of sp³-hybridized carbons (Fsp3) is 0.267. The average molecular weight is 419 g/mol. The first kappa shape index (κ1) is 17.2. The Morgan fingerprint density at radius 3 is 2.79 bits per heavy atom. The lowest BCUT2D eigenvalue weighted by atomic mass is 10.3.